The van der Waals surface area contributed by atoms with Gasteiger partial charge in [-0.1, -0.05) is 0 Å². The monoisotopic (exact) mass is 406 g/mol. The van der Waals surface area contributed by atoms with Crippen LogP contribution in [-0.4, -0.2) is 22.2 Å². The molecule has 0 spiro atoms. The second kappa shape index (κ2) is 7.09. The van der Waals surface area contributed by atoms with Gasteiger partial charge in [0.1, 0.15) is 11.2 Å². The number of carbonyl (C=O) groups is 2. The van der Waals surface area contributed by atoms with Crippen molar-refractivity contribution in [1.29, 1.82) is 0 Å². The molecule has 2 aromatic carbocycles. The Labute approximate surface area is 165 Å². The second-order valence-corrected chi connectivity index (χ2v) is 6.12. The van der Waals surface area contributed by atoms with Crippen molar-refractivity contribution < 1.29 is 28.6 Å². The Morgan fingerprint density at radius 3 is 1.43 bits per heavy atom. The van der Waals surface area contributed by atoms with Gasteiger partial charge in [0.05, 0.1) is 22.1 Å². The van der Waals surface area contributed by atoms with Crippen molar-refractivity contribution in [2.45, 2.75) is 0 Å². The predicted octanol–water partition coefficient (Wildman–Crippen LogP) is 3.71. The lowest BCUT2D eigenvalue weighted by atomic mass is 10.2. The maximum Gasteiger partial charge on any atom is 0.371 e. The molecule has 2 N–H and O–H groups in total. The first-order chi connectivity index (χ1) is 14.3. The molecule has 10 nitrogen and oxygen atoms in total. The Morgan fingerprint density at radius 2 is 1.07 bits per heavy atom. The minimum Gasteiger partial charge on any atom is -0.475 e. The van der Waals surface area contributed by atoms with Crippen molar-refractivity contribution >= 4 is 45.3 Å². The lowest BCUT2D eigenvalue weighted by Crippen LogP contribution is -2.06. The van der Waals surface area contributed by atoms with Crippen LogP contribution in [0.1, 0.15) is 21.1 Å². The Hall–Kier alpha value is -4.60. The number of nitrogens with zero attached hydrogens (tertiary/aromatic N) is 2. The van der Waals surface area contributed by atoms with E-state index >= 15 is 0 Å². The zero-order chi connectivity index (χ0) is 21.4. The average Bonchev–Trinajstić information content (AvgIpc) is 2.72. The topological polar surface area (TPSA) is 160 Å². The van der Waals surface area contributed by atoms with Crippen LogP contribution in [0.15, 0.2) is 77.2 Å². The van der Waals surface area contributed by atoms with Crippen LogP contribution < -0.4 is 10.9 Å². The molecule has 0 saturated heterocycles. The number of hydrogen-bond acceptors (Lipinski definition) is 8. The molecule has 0 aliphatic rings. The molecule has 4 rings (SSSR count). The summed E-state index contributed by atoms with van der Waals surface area (Å²) in [4.78, 5) is 46.2. The highest BCUT2D eigenvalue weighted by Gasteiger charge is 2.12. The van der Waals surface area contributed by atoms with E-state index < -0.39 is 34.3 Å². The van der Waals surface area contributed by atoms with E-state index in [1.165, 1.54) is 36.4 Å². The Kier molecular flexibility index (Phi) is 4.43. The lowest BCUT2D eigenvalue weighted by Gasteiger charge is -2.01. The summed E-state index contributed by atoms with van der Waals surface area (Å²) in [5.74, 6) is -3.64. The normalized spacial score (nSPS) is 11.3. The van der Waals surface area contributed by atoms with Crippen molar-refractivity contribution in [3.63, 3.8) is 0 Å². The van der Waals surface area contributed by atoms with Crippen molar-refractivity contribution in [3.8, 4) is 0 Å². The van der Waals surface area contributed by atoms with Gasteiger partial charge in [0.25, 0.3) is 0 Å². The molecule has 0 aliphatic heterocycles. The van der Waals surface area contributed by atoms with E-state index in [4.69, 9.17) is 19.0 Å². The van der Waals surface area contributed by atoms with E-state index in [1.807, 2.05) is 0 Å². The summed E-state index contributed by atoms with van der Waals surface area (Å²) >= 11 is 0. The van der Waals surface area contributed by atoms with Crippen molar-refractivity contribution in [3.05, 3.63) is 80.5 Å². The molecular weight excluding hydrogens is 396 g/mol. The summed E-state index contributed by atoms with van der Waals surface area (Å²) in [6.07, 6.45) is 0. The van der Waals surface area contributed by atoms with E-state index in [9.17, 15) is 19.2 Å². The summed E-state index contributed by atoms with van der Waals surface area (Å²) in [5, 5.41) is 26.2. The molecule has 0 radical (unpaired) electrons. The molecule has 0 fully saturated rings. The van der Waals surface area contributed by atoms with Crippen molar-refractivity contribution in [1.82, 2.24) is 0 Å². The van der Waals surface area contributed by atoms with Crippen molar-refractivity contribution in [2.75, 3.05) is 0 Å². The highest BCUT2D eigenvalue weighted by atomic mass is 16.4. The molecule has 4 aromatic rings. The fourth-order valence-corrected chi connectivity index (χ4v) is 2.74. The summed E-state index contributed by atoms with van der Waals surface area (Å²) in [5.41, 5.74) is -0.295. The minimum atomic E-state index is -1.35. The quantitative estimate of drug-likeness (QED) is 0.485. The van der Waals surface area contributed by atoms with Gasteiger partial charge in [-0.3, -0.25) is 9.59 Å². The van der Waals surface area contributed by atoms with Crippen LogP contribution in [0.5, 0.6) is 0 Å². The summed E-state index contributed by atoms with van der Waals surface area (Å²) < 4.78 is 10.3. The van der Waals surface area contributed by atoms with Gasteiger partial charge in [0.15, 0.2) is 10.9 Å². The fraction of sp³-hybridized carbons (Fsp3) is 0. The van der Waals surface area contributed by atoms with Crippen LogP contribution in [0.25, 0.3) is 21.9 Å². The van der Waals surface area contributed by atoms with E-state index in [0.717, 1.165) is 12.1 Å². The number of carboxylic acid groups (broad SMARTS) is 2. The number of rotatable bonds is 4. The van der Waals surface area contributed by atoms with E-state index in [-0.39, 0.29) is 21.9 Å². The highest BCUT2D eigenvalue weighted by Crippen LogP contribution is 2.24. The maximum absolute atomic E-state index is 12.1. The molecule has 148 valence electrons. The maximum atomic E-state index is 12.1. The molecular formula is C20H10N2O8. The third-order valence-corrected chi connectivity index (χ3v) is 4.12. The average molecular weight is 406 g/mol. The molecule has 30 heavy (non-hydrogen) atoms. The predicted molar refractivity (Wildman–Crippen MR) is 103 cm³/mol. The summed E-state index contributed by atoms with van der Waals surface area (Å²) in [6, 6.07) is 10.3. The molecule has 0 aliphatic carbocycles. The van der Waals surface area contributed by atoms with Gasteiger partial charge >= 0.3 is 11.9 Å². The van der Waals surface area contributed by atoms with Gasteiger partial charge in [-0.25, -0.2) is 9.59 Å². The fourth-order valence-electron chi connectivity index (χ4n) is 2.74. The molecule has 0 atom stereocenters. The lowest BCUT2D eigenvalue weighted by molar-refractivity contribution is 0.0653. The van der Waals surface area contributed by atoms with Crippen LogP contribution in [0.3, 0.4) is 0 Å². The van der Waals surface area contributed by atoms with E-state index in [2.05, 4.69) is 10.2 Å². The third-order valence-electron chi connectivity index (χ3n) is 4.12. The summed E-state index contributed by atoms with van der Waals surface area (Å²) in [6.45, 7) is 0. The van der Waals surface area contributed by atoms with Crippen LogP contribution in [-0.2, 0) is 0 Å². The first-order valence-electron chi connectivity index (χ1n) is 8.36. The zero-order valence-corrected chi connectivity index (χ0v) is 14.9. The molecule has 0 bridgehead atoms. The number of azo groups is 1. The van der Waals surface area contributed by atoms with Crippen molar-refractivity contribution in [2.24, 2.45) is 10.2 Å². The van der Waals surface area contributed by atoms with Gasteiger partial charge in [-0.15, -0.1) is 0 Å². The SMILES string of the molecule is O=C(O)c1cc(=O)c2cc(/N=N/c3ccc4oc(C(=O)O)cc(=O)c4c3)ccc2o1. The van der Waals surface area contributed by atoms with Gasteiger partial charge in [-0.2, -0.15) is 10.2 Å². The first-order valence-corrected chi connectivity index (χ1v) is 8.36. The molecule has 0 unspecified atom stereocenters. The number of carboxylic acids is 2. The molecule has 0 amide bonds. The number of fused-ring (bicyclic) bond motifs is 2. The van der Waals surface area contributed by atoms with E-state index in [0.29, 0.717) is 11.4 Å². The third kappa shape index (κ3) is 3.44. The Morgan fingerprint density at radius 1 is 0.667 bits per heavy atom. The second-order valence-electron chi connectivity index (χ2n) is 6.12. The number of hydrogen-bond donors (Lipinski definition) is 2. The molecule has 2 aromatic heterocycles. The van der Waals surface area contributed by atoms with Gasteiger partial charge < -0.3 is 19.0 Å². The van der Waals surface area contributed by atoms with Crippen LogP contribution in [0, 0.1) is 0 Å². The van der Waals surface area contributed by atoms with E-state index in [1.54, 1.807) is 0 Å². The van der Waals surface area contributed by atoms with Gasteiger partial charge in [0, 0.05) is 12.1 Å². The smallest absolute Gasteiger partial charge is 0.371 e. The Bertz CT molecular complexity index is 1380. The molecule has 0 saturated carbocycles. The minimum absolute atomic E-state index is 0.0939. The molecule has 2 heterocycles. The number of benzene rings is 2. The number of aromatic carboxylic acids is 2. The summed E-state index contributed by atoms with van der Waals surface area (Å²) in [7, 11) is 0. The van der Waals surface area contributed by atoms with Crippen LogP contribution >= 0.6 is 0 Å². The van der Waals surface area contributed by atoms with Crippen LogP contribution in [0.2, 0.25) is 0 Å². The Balaban J connectivity index is 1.71. The van der Waals surface area contributed by atoms with Gasteiger partial charge in [-0.05, 0) is 36.4 Å². The molecule has 10 heteroatoms. The first kappa shape index (κ1) is 18.7. The zero-order valence-electron chi connectivity index (χ0n) is 14.9. The van der Waals surface area contributed by atoms with Gasteiger partial charge in [0.2, 0.25) is 11.5 Å². The highest BCUT2D eigenvalue weighted by molar-refractivity contribution is 5.89. The van der Waals surface area contributed by atoms with Crippen LogP contribution in [0.4, 0.5) is 11.4 Å². The standard InChI is InChI=1S/C20H10N2O8/c23-13-7-17(19(25)26)29-15-3-1-9(5-11(13)15)21-22-10-2-4-16-12(6-10)14(24)8-18(30-16)20(27)28/h1-8H,(H,25,26)(H,27,28)/b22-21+. The largest absolute Gasteiger partial charge is 0.475 e.